The highest BCUT2D eigenvalue weighted by molar-refractivity contribution is 8.13. The molecular weight excluding hydrogens is 206 g/mol. The Morgan fingerprint density at radius 2 is 2.08 bits per heavy atom. The van der Waals surface area contributed by atoms with Crippen molar-refractivity contribution >= 4 is 21.8 Å². The largest absolute Gasteiger partial charge is 0.228 e. The standard InChI is InChI=1S/C8H9NO2S2/c9-13(10,11)8-5-6-3-1-2-4-7(6)12-8/h1-4,8H,5H2,(H2,9,10,11). The fraction of sp³-hybridized carbons (Fsp3) is 0.250. The van der Waals surface area contributed by atoms with Crippen molar-refractivity contribution in [2.24, 2.45) is 5.14 Å². The molecule has 0 saturated heterocycles. The van der Waals surface area contributed by atoms with E-state index in [4.69, 9.17) is 5.14 Å². The molecular formula is C8H9NO2S2. The Morgan fingerprint density at radius 3 is 2.69 bits per heavy atom. The van der Waals surface area contributed by atoms with E-state index in [9.17, 15) is 8.42 Å². The average Bonchev–Trinajstić information content (AvgIpc) is 2.45. The SMILES string of the molecule is NS(=O)(=O)C1Cc2ccccc2S1. The summed E-state index contributed by atoms with van der Waals surface area (Å²) in [5, 5.41) is 5.07. The predicted molar refractivity (Wildman–Crippen MR) is 52.9 cm³/mol. The molecule has 1 aliphatic heterocycles. The van der Waals surface area contributed by atoms with Gasteiger partial charge in [0, 0.05) is 11.3 Å². The van der Waals surface area contributed by atoms with Crippen LogP contribution in [0.2, 0.25) is 0 Å². The number of nitrogens with two attached hydrogens (primary N) is 1. The van der Waals surface area contributed by atoms with E-state index in [1.807, 2.05) is 24.3 Å². The molecule has 1 atom stereocenters. The fourth-order valence-electron chi connectivity index (χ4n) is 1.33. The molecule has 2 rings (SSSR count). The second-order valence-corrected chi connectivity index (χ2v) is 6.24. The van der Waals surface area contributed by atoms with E-state index in [0.29, 0.717) is 6.42 Å². The zero-order valence-corrected chi connectivity index (χ0v) is 8.44. The summed E-state index contributed by atoms with van der Waals surface area (Å²) in [5.41, 5.74) is 1.08. The minimum Gasteiger partial charge on any atom is -0.228 e. The van der Waals surface area contributed by atoms with Crippen LogP contribution < -0.4 is 5.14 Å². The van der Waals surface area contributed by atoms with Gasteiger partial charge in [-0.1, -0.05) is 18.2 Å². The molecule has 3 nitrogen and oxygen atoms in total. The molecule has 70 valence electrons. The van der Waals surface area contributed by atoms with Gasteiger partial charge < -0.3 is 0 Å². The highest BCUT2D eigenvalue weighted by Crippen LogP contribution is 2.38. The summed E-state index contributed by atoms with van der Waals surface area (Å²) in [6.45, 7) is 0. The molecule has 1 unspecified atom stereocenters. The number of primary sulfonamides is 1. The maximum Gasteiger partial charge on any atom is 0.222 e. The molecule has 1 aromatic carbocycles. The van der Waals surface area contributed by atoms with Gasteiger partial charge in [-0.2, -0.15) is 0 Å². The molecule has 0 bridgehead atoms. The lowest BCUT2D eigenvalue weighted by atomic mass is 10.2. The van der Waals surface area contributed by atoms with Gasteiger partial charge in [-0.3, -0.25) is 0 Å². The maximum atomic E-state index is 11.1. The van der Waals surface area contributed by atoms with Crippen LogP contribution in [-0.4, -0.2) is 13.0 Å². The first kappa shape index (κ1) is 9.05. The first-order valence-corrected chi connectivity index (χ1v) is 6.32. The molecule has 0 fully saturated rings. The van der Waals surface area contributed by atoms with Crippen LogP contribution in [0, 0.1) is 0 Å². The van der Waals surface area contributed by atoms with E-state index in [-0.39, 0.29) is 0 Å². The molecule has 0 aromatic heterocycles. The van der Waals surface area contributed by atoms with Crippen LogP contribution in [0.3, 0.4) is 0 Å². The van der Waals surface area contributed by atoms with Crippen LogP contribution >= 0.6 is 11.8 Å². The second-order valence-electron chi connectivity index (χ2n) is 2.95. The molecule has 0 amide bonds. The van der Waals surface area contributed by atoms with E-state index in [0.717, 1.165) is 10.5 Å². The van der Waals surface area contributed by atoms with Crippen LogP contribution in [0.5, 0.6) is 0 Å². The highest BCUT2D eigenvalue weighted by atomic mass is 32.3. The van der Waals surface area contributed by atoms with Crippen molar-refractivity contribution in [2.75, 3.05) is 0 Å². The third kappa shape index (κ3) is 1.72. The van der Waals surface area contributed by atoms with Gasteiger partial charge in [0.15, 0.2) is 0 Å². The van der Waals surface area contributed by atoms with E-state index >= 15 is 0 Å². The summed E-state index contributed by atoms with van der Waals surface area (Å²) in [6.07, 6.45) is 0.527. The summed E-state index contributed by atoms with van der Waals surface area (Å²) in [4.78, 5) is 1.03. The van der Waals surface area contributed by atoms with Crippen LogP contribution in [0.4, 0.5) is 0 Å². The zero-order valence-electron chi connectivity index (χ0n) is 6.80. The van der Waals surface area contributed by atoms with Crippen molar-refractivity contribution < 1.29 is 8.42 Å². The number of sulfonamides is 1. The summed E-state index contributed by atoms with van der Waals surface area (Å²) < 4.78 is 21.6. The number of hydrogen-bond acceptors (Lipinski definition) is 3. The van der Waals surface area contributed by atoms with Gasteiger partial charge in [0.05, 0.1) is 0 Å². The molecule has 2 N–H and O–H groups in total. The van der Waals surface area contributed by atoms with Gasteiger partial charge in [0.1, 0.15) is 4.58 Å². The number of rotatable bonds is 1. The summed E-state index contributed by atoms with van der Waals surface area (Å²) in [6, 6.07) is 7.67. The Morgan fingerprint density at radius 1 is 1.38 bits per heavy atom. The predicted octanol–water partition coefficient (Wildman–Crippen LogP) is 0.949. The van der Waals surface area contributed by atoms with Crippen LogP contribution in [0.25, 0.3) is 0 Å². The lowest BCUT2D eigenvalue weighted by Gasteiger charge is -2.03. The molecule has 0 saturated carbocycles. The van der Waals surface area contributed by atoms with Crippen molar-refractivity contribution in [3.05, 3.63) is 29.8 Å². The molecule has 0 spiro atoms. The third-order valence-electron chi connectivity index (χ3n) is 1.98. The number of hydrogen-bond donors (Lipinski definition) is 1. The normalized spacial score (nSPS) is 21.5. The molecule has 0 radical (unpaired) electrons. The molecule has 1 aliphatic rings. The topological polar surface area (TPSA) is 60.2 Å². The average molecular weight is 215 g/mol. The van der Waals surface area contributed by atoms with E-state index in [1.54, 1.807) is 0 Å². The van der Waals surface area contributed by atoms with Crippen molar-refractivity contribution in [2.45, 2.75) is 15.9 Å². The lowest BCUT2D eigenvalue weighted by Crippen LogP contribution is -2.25. The van der Waals surface area contributed by atoms with Gasteiger partial charge in [0.25, 0.3) is 0 Å². The maximum absolute atomic E-state index is 11.1. The Kier molecular flexibility index (Phi) is 2.09. The first-order chi connectivity index (χ1) is 6.07. The summed E-state index contributed by atoms with van der Waals surface area (Å²) in [7, 11) is -3.41. The van der Waals surface area contributed by atoms with Gasteiger partial charge >= 0.3 is 0 Å². The van der Waals surface area contributed by atoms with Crippen molar-refractivity contribution in [3.8, 4) is 0 Å². The van der Waals surface area contributed by atoms with E-state index in [2.05, 4.69) is 0 Å². The molecule has 0 aliphatic carbocycles. The number of fused-ring (bicyclic) bond motifs is 1. The Hall–Kier alpha value is -0.520. The number of benzene rings is 1. The Bertz CT molecular complexity index is 403. The smallest absolute Gasteiger partial charge is 0.222 e. The van der Waals surface area contributed by atoms with Gasteiger partial charge in [-0.05, 0) is 11.6 Å². The summed E-state index contributed by atoms with van der Waals surface area (Å²) in [5.74, 6) is 0. The van der Waals surface area contributed by atoms with Crippen molar-refractivity contribution in [1.29, 1.82) is 0 Å². The van der Waals surface area contributed by atoms with Crippen molar-refractivity contribution in [3.63, 3.8) is 0 Å². The Labute approximate surface area is 81.4 Å². The molecule has 13 heavy (non-hydrogen) atoms. The van der Waals surface area contributed by atoms with Gasteiger partial charge in [-0.25, -0.2) is 13.6 Å². The van der Waals surface area contributed by atoms with Crippen LogP contribution in [-0.2, 0) is 16.4 Å². The fourth-order valence-corrected chi connectivity index (χ4v) is 3.60. The molecule has 1 heterocycles. The van der Waals surface area contributed by atoms with Crippen LogP contribution in [0.15, 0.2) is 29.2 Å². The van der Waals surface area contributed by atoms with Gasteiger partial charge in [-0.15, -0.1) is 11.8 Å². The zero-order chi connectivity index (χ0) is 9.47. The Balaban J connectivity index is 2.33. The van der Waals surface area contributed by atoms with E-state index in [1.165, 1.54) is 11.8 Å². The van der Waals surface area contributed by atoms with E-state index < -0.39 is 14.6 Å². The first-order valence-electron chi connectivity index (χ1n) is 3.83. The molecule has 1 aromatic rings. The summed E-state index contributed by atoms with van der Waals surface area (Å²) >= 11 is 1.33. The number of thioether (sulfide) groups is 1. The quantitative estimate of drug-likeness (QED) is 0.758. The monoisotopic (exact) mass is 215 g/mol. The van der Waals surface area contributed by atoms with Crippen molar-refractivity contribution in [1.82, 2.24) is 0 Å². The second kappa shape index (κ2) is 3.01. The van der Waals surface area contributed by atoms with Crippen LogP contribution in [0.1, 0.15) is 5.56 Å². The minimum atomic E-state index is -3.41. The lowest BCUT2D eigenvalue weighted by molar-refractivity contribution is 0.594. The van der Waals surface area contributed by atoms with Gasteiger partial charge in [0.2, 0.25) is 10.0 Å². The minimum absolute atomic E-state index is 0.495. The highest BCUT2D eigenvalue weighted by Gasteiger charge is 2.30. The third-order valence-corrected chi connectivity index (χ3v) is 5.06. The molecule has 5 heteroatoms.